The molecule has 0 aromatic heterocycles. The third-order valence-electron chi connectivity index (χ3n) is 3.71. The molecule has 0 heterocycles. The van der Waals surface area contributed by atoms with E-state index in [2.05, 4.69) is 22.9 Å². The van der Waals surface area contributed by atoms with Crippen molar-refractivity contribution >= 4 is 21.8 Å². The van der Waals surface area contributed by atoms with E-state index < -0.39 is 0 Å². The van der Waals surface area contributed by atoms with Crippen LogP contribution in [0.4, 0.5) is 0 Å². The van der Waals surface area contributed by atoms with Crippen molar-refractivity contribution in [3.05, 3.63) is 0 Å². The molecule has 0 radical (unpaired) electrons. The van der Waals surface area contributed by atoms with Gasteiger partial charge in [0.05, 0.1) is 0 Å². The summed E-state index contributed by atoms with van der Waals surface area (Å²) in [5.41, 5.74) is 0. The van der Waals surface area contributed by atoms with E-state index in [1.165, 1.54) is 32.1 Å². The van der Waals surface area contributed by atoms with Crippen molar-refractivity contribution in [3.8, 4) is 0 Å². The SMILES string of the molecule is CCN(CCCBr)C(=O)C1CCCCCCC1. The number of halogens is 1. The van der Waals surface area contributed by atoms with E-state index in [0.29, 0.717) is 11.8 Å². The highest BCUT2D eigenvalue weighted by molar-refractivity contribution is 9.09. The second-order valence-corrected chi connectivity index (χ2v) is 5.80. The Hall–Kier alpha value is -0.0500. The normalized spacial score (nSPS) is 18.5. The topological polar surface area (TPSA) is 20.3 Å². The van der Waals surface area contributed by atoms with Crippen molar-refractivity contribution in [1.29, 1.82) is 0 Å². The summed E-state index contributed by atoms with van der Waals surface area (Å²) < 4.78 is 0. The Labute approximate surface area is 114 Å². The zero-order chi connectivity index (χ0) is 12.5. The van der Waals surface area contributed by atoms with Gasteiger partial charge in [-0.3, -0.25) is 4.79 Å². The van der Waals surface area contributed by atoms with E-state index in [0.717, 1.165) is 37.7 Å². The maximum atomic E-state index is 12.4. The molecule has 1 aliphatic carbocycles. The summed E-state index contributed by atoms with van der Waals surface area (Å²) in [7, 11) is 0. The number of nitrogens with zero attached hydrogens (tertiary/aromatic N) is 1. The third-order valence-corrected chi connectivity index (χ3v) is 4.27. The molecule has 0 spiro atoms. The summed E-state index contributed by atoms with van der Waals surface area (Å²) in [6, 6.07) is 0. The van der Waals surface area contributed by atoms with Gasteiger partial charge in [0.15, 0.2) is 0 Å². The molecule has 1 amide bonds. The molecule has 1 saturated carbocycles. The van der Waals surface area contributed by atoms with Gasteiger partial charge in [-0.2, -0.15) is 0 Å². The molecule has 0 aromatic carbocycles. The molecule has 17 heavy (non-hydrogen) atoms. The fraction of sp³-hybridized carbons (Fsp3) is 0.929. The van der Waals surface area contributed by atoms with Gasteiger partial charge in [0, 0.05) is 24.3 Å². The fourth-order valence-electron chi connectivity index (χ4n) is 2.64. The second kappa shape index (κ2) is 8.96. The minimum absolute atomic E-state index is 0.311. The molecule has 1 fully saturated rings. The molecular weight excluding hydrogens is 278 g/mol. The van der Waals surface area contributed by atoms with Gasteiger partial charge in [0.2, 0.25) is 5.91 Å². The van der Waals surface area contributed by atoms with E-state index in [1.807, 2.05) is 4.90 Å². The Kier molecular flexibility index (Phi) is 7.91. The molecule has 0 aliphatic heterocycles. The Morgan fingerprint density at radius 3 is 2.29 bits per heavy atom. The van der Waals surface area contributed by atoms with Crippen LogP contribution in [0.5, 0.6) is 0 Å². The summed E-state index contributed by atoms with van der Waals surface area (Å²) in [6.07, 6.45) is 9.77. The number of rotatable bonds is 5. The van der Waals surface area contributed by atoms with Gasteiger partial charge in [-0.1, -0.05) is 48.0 Å². The molecule has 3 heteroatoms. The summed E-state index contributed by atoms with van der Waals surface area (Å²) in [4.78, 5) is 14.5. The lowest BCUT2D eigenvalue weighted by atomic mass is 9.90. The summed E-state index contributed by atoms with van der Waals surface area (Å²) >= 11 is 3.44. The van der Waals surface area contributed by atoms with Gasteiger partial charge in [0.25, 0.3) is 0 Å². The first-order valence-corrected chi connectivity index (χ1v) is 8.26. The fourth-order valence-corrected chi connectivity index (χ4v) is 2.89. The van der Waals surface area contributed by atoms with Crippen LogP contribution < -0.4 is 0 Å². The average Bonchev–Trinajstić information content (AvgIpc) is 2.29. The second-order valence-electron chi connectivity index (χ2n) is 5.00. The highest BCUT2D eigenvalue weighted by Gasteiger charge is 2.23. The Morgan fingerprint density at radius 2 is 1.76 bits per heavy atom. The van der Waals surface area contributed by atoms with E-state index in [-0.39, 0.29) is 0 Å². The molecule has 1 rings (SSSR count). The molecule has 0 aromatic rings. The average molecular weight is 304 g/mol. The first-order chi connectivity index (χ1) is 8.29. The smallest absolute Gasteiger partial charge is 0.225 e. The van der Waals surface area contributed by atoms with Crippen LogP contribution in [0.2, 0.25) is 0 Å². The number of carbonyl (C=O) groups excluding carboxylic acids is 1. The maximum Gasteiger partial charge on any atom is 0.225 e. The lowest BCUT2D eigenvalue weighted by Gasteiger charge is -2.27. The maximum absolute atomic E-state index is 12.4. The Morgan fingerprint density at radius 1 is 1.18 bits per heavy atom. The zero-order valence-electron chi connectivity index (χ0n) is 11.1. The van der Waals surface area contributed by atoms with E-state index >= 15 is 0 Å². The number of alkyl halides is 1. The molecule has 0 unspecified atom stereocenters. The van der Waals surface area contributed by atoms with Crippen molar-refractivity contribution in [2.45, 2.75) is 58.3 Å². The van der Waals surface area contributed by atoms with Crippen LogP contribution in [0.15, 0.2) is 0 Å². The number of hydrogen-bond donors (Lipinski definition) is 0. The van der Waals surface area contributed by atoms with Crippen molar-refractivity contribution in [2.24, 2.45) is 5.92 Å². The van der Waals surface area contributed by atoms with Gasteiger partial charge in [0.1, 0.15) is 0 Å². The Bertz CT molecular complexity index is 212. The van der Waals surface area contributed by atoms with Crippen LogP contribution in [0.1, 0.15) is 58.3 Å². The molecule has 0 atom stereocenters. The largest absolute Gasteiger partial charge is 0.343 e. The number of amides is 1. The van der Waals surface area contributed by atoms with E-state index in [9.17, 15) is 4.79 Å². The standard InChI is InChI=1S/C14H26BrNO/c1-2-16(12-8-11-15)14(17)13-9-6-4-3-5-7-10-13/h13H,2-12H2,1H3. The summed E-state index contributed by atoms with van der Waals surface area (Å²) in [6.45, 7) is 3.87. The number of carbonyl (C=O) groups is 1. The molecule has 2 nitrogen and oxygen atoms in total. The highest BCUT2D eigenvalue weighted by atomic mass is 79.9. The lowest BCUT2D eigenvalue weighted by molar-refractivity contribution is -0.136. The predicted octanol–water partition coefficient (Wildman–Crippen LogP) is 3.98. The molecule has 0 saturated heterocycles. The van der Waals surface area contributed by atoms with Crippen molar-refractivity contribution in [3.63, 3.8) is 0 Å². The van der Waals surface area contributed by atoms with E-state index in [1.54, 1.807) is 0 Å². The summed E-state index contributed by atoms with van der Waals surface area (Å²) in [5, 5.41) is 0.988. The van der Waals surface area contributed by atoms with Gasteiger partial charge in [-0.15, -0.1) is 0 Å². The zero-order valence-corrected chi connectivity index (χ0v) is 12.7. The predicted molar refractivity (Wildman–Crippen MR) is 76.5 cm³/mol. The van der Waals surface area contributed by atoms with Crippen LogP contribution in [-0.2, 0) is 4.79 Å². The quantitative estimate of drug-likeness (QED) is 0.704. The van der Waals surface area contributed by atoms with Crippen LogP contribution in [-0.4, -0.2) is 29.2 Å². The van der Waals surface area contributed by atoms with Crippen molar-refractivity contribution in [2.75, 3.05) is 18.4 Å². The van der Waals surface area contributed by atoms with Gasteiger partial charge in [-0.25, -0.2) is 0 Å². The highest BCUT2D eigenvalue weighted by Crippen LogP contribution is 2.24. The molecule has 0 N–H and O–H groups in total. The van der Waals surface area contributed by atoms with Crippen LogP contribution >= 0.6 is 15.9 Å². The minimum Gasteiger partial charge on any atom is -0.343 e. The first-order valence-electron chi connectivity index (χ1n) is 7.14. The van der Waals surface area contributed by atoms with E-state index in [4.69, 9.17) is 0 Å². The Balaban J connectivity index is 2.45. The monoisotopic (exact) mass is 303 g/mol. The molecular formula is C14H26BrNO. The lowest BCUT2D eigenvalue weighted by Crippen LogP contribution is -2.37. The van der Waals surface area contributed by atoms with Crippen LogP contribution in [0.3, 0.4) is 0 Å². The van der Waals surface area contributed by atoms with Gasteiger partial charge < -0.3 is 4.90 Å². The van der Waals surface area contributed by atoms with Crippen LogP contribution in [0.25, 0.3) is 0 Å². The first kappa shape index (κ1) is 15.0. The molecule has 100 valence electrons. The molecule has 1 aliphatic rings. The van der Waals surface area contributed by atoms with Crippen molar-refractivity contribution in [1.82, 2.24) is 4.90 Å². The minimum atomic E-state index is 0.311. The van der Waals surface area contributed by atoms with Crippen molar-refractivity contribution < 1.29 is 4.79 Å². The van der Waals surface area contributed by atoms with Gasteiger partial charge >= 0.3 is 0 Å². The number of hydrogen-bond acceptors (Lipinski definition) is 1. The summed E-state index contributed by atoms with van der Waals surface area (Å²) in [5.74, 6) is 0.723. The molecule has 0 bridgehead atoms. The van der Waals surface area contributed by atoms with Crippen LogP contribution in [0, 0.1) is 5.92 Å². The third kappa shape index (κ3) is 5.41. The van der Waals surface area contributed by atoms with Gasteiger partial charge in [-0.05, 0) is 26.2 Å².